The second kappa shape index (κ2) is 7.70. The molecule has 150 valence electrons. The monoisotopic (exact) mass is 415 g/mol. The molecule has 8 nitrogen and oxygen atoms in total. The Morgan fingerprint density at radius 1 is 1.41 bits per heavy atom. The third-order valence-electron chi connectivity index (χ3n) is 4.75. The van der Waals surface area contributed by atoms with Crippen molar-refractivity contribution in [2.75, 3.05) is 12.4 Å². The van der Waals surface area contributed by atoms with Crippen LogP contribution in [0.4, 0.5) is 10.1 Å². The third-order valence-corrected chi connectivity index (χ3v) is 5.91. The Kier molecular flexibility index (Phi) is 5.10. The summed E-state index contributed by atoms with van der Waals surface area (Å²) in [6, 6.07) is 5.14. The van der Waals surface area contributed by atoms with Crippen LogP contribution in [0.25, 0.3) is 10.6 Å². The minimum Gasteiger partial charge on any atom is -0.467 e. The highest BCUT2D eigenvalue weighted by Crippen LogP contribution is 2.29. The first-order chi connectivity index (χ1) is 14.0. The molecule has 0 radical (unpaired) electrons. The van der Waals surface area contributed by atoms with E-state index in [2.05, 4.69) is 20.5 Å². The molecule has 0 amide bonds. The Morgan fingerprint density at radius 3 is 3.00 bits per heavy atom. The summed E-state index contributed by atoms with van der Waals surface area (Å²) in [5.74, 6) is -0.238. The number of benzene rings is 1. The van der Waals surface area contributed by atoms with E-state index in [0.29, 0.717) is 34.2 Å². The van der Waals surface area contributed by atoms with Crippen molar-refractivity contribution < 1.29 is 13.9 Å². The van der Waals surface area contributed by atoms with Gasteiger partial charge in [-0.2, -0.15) is 0 Å². The maximum atomic E-state index is 13.4. The van der Waals surface area contributed by atoms with E-state index in [0.717, 1.165) is 0 Å². The maximum absolute atomic E-state index is 13.4. The van der Waals surface area contributed by atoms with Gasteiger partial charge in [0.15, 0.2) is 0 Å². The number of carbonyl (C=O) groups is 1. The summed E-state index contributed by atoms with van der Waals surface area (Å²) in [4.78, 5) is 29.2. The van der Waals surface area contributed by atoms with Crippen molar-refractivity contribution in [2.45, 2.75) is 31.8 Å². The summed E-state index contributed by atoms with van der Waals surface area (Å²) in [5, 5.41) is 12.6. The smallest absolute Gasteiger partial charge is 0.329 e. The second-order valence-electron chi connectivity index (χ2n) is 6.66. The lowest BCUT2D eigenvalue weighted by molar-refractivity contribution is -0.144. The Morgan fingerprint density at radius 2 is 2.24 bits per heavy atom. The molecule has 0 saturated carbocycles. The summed E-state index contributed by atoms with van der Waals surface area (Å²) in [6.07, 6.45) is 2.50. The lowest BCUT2D eigenvalue weighted by Crippen LogP contribution is -2.31. The number of halogens is 1. The van der Waals surface area contributed by atoms with E-state index in [1.165, 1.54) is 41.3 Å². The zero-order valence-corrected chi connectivity index (χ0v) is 16.6. The first-order valence-electron chi connectivity index (χ1n) is 9.02. The van der Waals surface area contributed by atoms with Gasteiger partial charge in [0, 0.05) is 12.0 Å². The van der Waals surface area contributed by atoms with Gasteiger partial charge in [-0.3, -0.25) is 9.36 Å². The average Bonchev–Trinajstić information content (AvgIpc) is 3.37. The highest BCUT2D eigenvalue weighted by Gasteiger charge is 2.32. The molecule has 1 aromatic carbocycles. The van der Waals surface area contributed by atoms with Gasteiger partial charge < -0.3 is 10.1 Å². The van der Waals surface area contributed by atoms with E-state index in [1.54, 1.807) is 12.1 Å². The fraction of sp³-hybridized carbons (Fsp3) is 0.316. The third kappa shape index (κ3) is 3.63. The molecule has 10 heteroatoms. The molecule has 0 aliphatic carbocycles. The van der Waals surface area contributed by atoms with Crippen LogP contribution in [-0.2, 0) is 16.0 Å². The molecule has 0 saturated heterocycles. The minimum atomic E-state index is -0.659. The first kappa shape index (κ1) is 19.2. The largest absolute Gasteiger partial charge is 0.467 e. The molecule has 0 unspecified atom stereocenters. The Bertz CT molecular complexity index is 1130. The highest BCUT2D eigenvalue weighted by atomic mass is 32.1. The quantitative estimate of drug-likeness (QED) is 0.640. The molecule has 4 rings (SSSR count). The predicted octanol–water partition coefficient (Wildman–Crippen LogP) is 2.73. The molecule has 0 spiro atoms. The SMILES string of the molecule is COC(=O)[C@@H]1CCc2ncc(N[C@H](C)c3nnc(-c4cccc(F)c4)s3)c(=O)n21. The number of methoxy groups -OCH3 is 1. The molecule has 0 fully saturated rings. The summed E-state index contributed by atoms with van der Waals surface area (Å²) in [5.41, 5.74) is 0.574. The Balaban J connectivity index is 1.58. The van der Waals surface area contributed by atoms with Crippen LogP contribution in [0.5, 0.6) is 0 Å². The normalized spacial score (nSPS) is 16.3. The molecule has 3 heterocycles. The summed E-state index contributed by atoms with van der Waals surface area (Å²) in [6.45, 7) is 1.84. The van der Waals surface area contributed by atoms with Crippen LogP contribution in [0.1, 0.15) is 36.3 Å². The molecular formula is C19H18FN5O3S. The average molecular weight is 415 g/mol. The number of esters is 1. The van der Waals surface area contributed by atoms with Crippen LogP contribution in [0, 0.1) is 5.82 Å². The Labute approximate surface area is 169 Å². The van der Waals surface area contributed by atoms with Gasteiger partial charge in [0.25, 0.3) is 5.56 Å². The molecule has 2 aromatic heterocycles. The van der Waals surface area contributed by atoms with Crippen LogP contribution in [-0.4, -0.2) is 32.8 Å². The van der Waals surface area contributed by atoms with E-state index >= 15 is 0 Å². The predicted molar refractivity (Wildman–Crippen MR) is 105 cm³/mol. The van der Waals surface area contributed by atoms with Gasteiger partial charge in [-0.05, 0) is 25.5 Å². The molecule has 29 heavy (non-hydrogen) atoms. The lowest BCUT2D eigenvalue weighted by atomic mass is 10.2. The number of rotatable bonds is 5. The minimum absolute atomic E-state index is 0.263. The second-order valence-corrected chi connectivity index (χ2v) is 7.67. The number of hydrogen-bond donors (Lipinski definition) is 1. The fourth-order valence-corrected chi connectivity index (χ4v) is 4.15. The van der Waals surface area contributed by atoms with Gasteiger partial charge in [-0.15, -0.1) is 10.2 Å². The molecule has 2 atom stereocenters. The van der Waals surface area contributed by atoms with Crippen molar-refractivity contribution in [2.24, 2.45) is 0 Å². The molecular weight excluding hydrogens is 397 g/mol. The van der Waals surface area contributed by atoms with Gasteiger partial charge in [-0.25, -0.2) is 14.2 Å². The number of fused-ring (bicyclic) bond motifs is 1. The van der Waals surface area contributed by atoms with Crippen molar-refractivity contribution in [1.29, 1.82) is 0 Å². The Hall–Kier alpha value is -3.14. The van der Waals surface area contributed by atoms with Crippen molar-refractivity contribution in [3.63, 3.8) is 0 Å². The number of aryl methyl sites for hydroxylation is 1. The van der Waals surface area contributed by atoms with Crippen molar-refractivity contribution in [1.82, 2.24) is 19.7 Å². The van der Waals surface area contributed by atoms with Crippen LogP contribution in [0.15, 0.2) is 35.3 Å². The van der Waals surface area contributed by atoms with E-state index in [9.17, 15) is 14.0 Å². The number of carbonyl (C=O) groups excluding carboxylic acids is 1. The number of nitrogens with zero attached hydrogens (tertiary/aromatic N) is 4. The van der Waals surface area contributed by atoms with Gasteiger partial charge in [0.2, 0.25) is 0 Å². The summed E-state index contributed by atoms with van der Waals surface area (Å²) < 4.78 is 19.6. The van der Waals surface area contributed by atoms with Crippen LogP contribution >= 0.6 is 11.3 Å². The molecule has 1 N–H and O–H groups in total. The number of nitrogens with one attached hydrogen (secondary N) is 1. The molecule has 0 bridgehead atoms. The van der Waals surface area contributed by atoms with E-state index in [-0.39, 0.29) is 23.1 Å². The maximum Gasteiger partial charge on any atom is 0.329 e. The van der Waals surface area contributed by atoms with Crippen LogP contribution < -0.4 is 10.9 Å². The zero-order valence-electron chi connectivity index (χ0n) is 15.8. The first-order valence-corrected chi connectivity index (χ1v) is 9.83. The van der Waals surface area contributed by atoms with Gasteiger partial charge in [0.1, 0.15) is 33.4 Å². The molecule has 3 aromatic rings. The van der Waals surface area contributed by atoms with Crippen molar-refractivity contribution in [3.8, 4) is 10.6 Å². The van der Waals surface area contributed by atoms with Gasteiger partial charge in [-0.1, -0.05) is 23.5 Å². The summed E-state index contributed by atoms with van der Waals surface area (Å²) >= 11 is 1.31. The zero-order chi connectivity index (χ0) is 20.5. The standard InChI is InChI=1S/C19H18FN5O3S/c1-10(16-23-24-17(29-16)11-4-3-5-12(20)8-11)22-13-9-21-15-7-6-14(19(27)28-2)25(15)18(13)26/h3-5,8-10,14,22H,6-7H2,1-2H3/t10-,14+/m1/s1. The van der Waals surface area contributed by atoms with Crippen molar-refractivity contribution >= 4 is 23.0 Å². The van der Waals surface area contributed by atoms with E-state index in [4.69, 9.17) is 4.74 Å². The number of hydrogen-bond acceptors (Lipinski definition) is 8. The van der Waals surface area contributed by atoms with E-state index in [1.807, 2.05) is 6.92 Å². The van der Waals surface area contributed by atoms with E-state index < -0.39 is 12.0 Å². The van der Waals surface area contributed by atoms with Crippen molar-refractivity contribution in [3.05, 3.63) is 57.5 Å². The van der Waals surface area contributed by atoms with Crippen LogP contribution in [0.3, 0.4) is 0 Å². The molecule has 1 aliphatic rings. The number of aromatic nitrogens is 4. The topological polar surface area (TPSA) is 99.0 Å². The lowest BCUT2D eigenvalue weighted by Gasteiger charge is -2.15. The number of ether oxygens (including phenoxy) is 1. The number of anilines is 1. The van der Waals surface area contributed by atoms with Crippen LogP contribution in [0.2, 0.25) is 0 Å². The fourth-order valence-electron chi connectivity index (χ4n) is 3.31. The van der Waals surface area contributed by atoms with Gasteiger partial charge in [0.05, 0.1) is 19.3 Å². The van der Waals surface area contributed by atoms with Gasteiger partial charge >= 0.3 is 5.97 Å². The highest BCUT2D eigenvalue weighted by molar-refractivity contribution is 7.14. The summed E-state index contributed by atoms with van der Waals surface area (Å²) in [7, 11) is 1.30. The molecule has 1 aliphatic heterocycles.